The van der Waals surface area contributed by atoms with Crippen LogP contribution in [0.5, 0.6) is 0 Å². The molecule has 1 aliphatic heterocycles. The van der Waals surface area contributed by atoms with E-state index < -0.39 is 5.60 Å². The summed E-state index contributed by atoms with van der Waals surface area (Å²) in [5, 5.41) is 10.3. The van der Waals surface area contributed by atoms with E-state index >= 15 is 0 Å². The lowest BCUT2D eigenvalue weighted by molar-refractivity contribution is -0.0199. The number of aliphatic hydroxyl groups is 1. The van der Waals surface area contributed by atoms with E-state index in [2.05, 4.69) is 11.8 Å². The molecule has 1 N–H and O–H groups in total. The minimum absolute atomic E-state index is 0.0228. The number of ether oxygens (including phenoxy) is 1. The molecule has 1 saturated carbocycles. The standard InChI is InChI=1S/C21H39NO3/c1-5-6-11-18(23)13-12-17-10-7-8-14-21(17)15-9-16-22(21)19(24)25-20(2,3)4/h17-18,23H,5-16H2,1-4H3/t17-,18-,21-/m0/s1. The number of rotatable bonds is 6. The van der Waals surface area contributed by atoms with Gasteiger partial charge in [0, 0.05) is 12.1 Å². The maximum Gasteiger partial charge on any atom is 0.410 e. The summed E-state index contributed by atoms with van der Waals surface area (Å²) in [5.41, 5.74) is -0.466. The van der Waals surface area contributed by atoms with Gasteiger partial charge in [0.25, 0.3) is 0 Å². The van der Waals surface area contributed by atoms with E-state index in [0.717, 1.165) is 57.9 Å². The fourth-order valence-corrected chi connectivity index (χ4v) is 4.86. The Morgan fingerprint density at radius 3 is 2.64 bits per heavy atom. The van der Waals surface area contributed by atoms with Crippen molar-refractivity contribution in [3.8, 4) is 0 Å². The minimum atomic E-state index is -0.443. The first-order valence-electron chi connectivity index (χ1n) is 10.5. The molecule has 25 heavy (non-hydrogen) atoms. The fraction of sp³-hybridized carbons (Fsp3) is 0.952. The maximum absolute atomic E-state index is 12.8. The van der Waals surface area contributed by atoms with Gasteiger partial charge in [-0.1, -0.05) is 32.6 Å². The fourth-order valence-electron chi connectivity index (χ4n) is 4.86. The molecular weight excluding hydrogens is 314 g/mol. The van der Waals surface area contributed by atoms with Crippen molar-refractivity contribution in [2.24, 2.45) is 5.92 Å². The topological polar surface area (TPSA) is 49.8 Å². The molecule has 0 aromatic heterocycles. The number of unbranched alkanes of at least 4 members (excludes halogenated alkanes) is 1. The van der Waals surface area contributed by atoms with Crippen LogP contribution in [0.4, 0.5) is 4.79 Å². The molecule has 2 fully saturated rings. The van der Waals surface area contributed by atoms with E-state index in [4.69, 9.17) is 4.74 Å². The normalized spacial score (nSPS) is 28.4. The van der Waals surface area contributed by atoms with Crippen LogP contribution in [0.15, 0.2) is 0 Å². The van der Waals surface area contributed by atoms with Crippen LogP contribution < -0.4 is 0 Å². The number of hydrogen-bond acceptors (Lipinski definition) is 3. The summed E-state index contributed by atoms with van der Waals surface area (Å²) in [6, 6.07) is 0. The second kappa shape index (κ2) is 8.75. The third-order valence-electron chi connectivity index (χ3n) is 6.05. The van der Waals surface area contributed by atoms with Crippen LogP contribution in [0.1, 0.15) is 98.3 Å². The minimum Gasteiger partial charge on any atom is -0.444 e. The van der Waals surface area contributed by atoms with Gasteiger partial charge >= 0.3 is 6.09 Å². The lowest BCUT2D eigenvalue weighted by atomic mass is 9.69. The lowest BCUT2D eigenvalue weighted by Gasteiger charge is -2.48. The van der Waals surface area contributed by atoms with Crippen molar-refractivity contribution in [3.05, 3.63) is 0 Å². The lowest BCUT2D eigenvalue weighted by Crippen LogP contribution is -2.55. The highest BCUT2D eigenvalue weighted by atomic mass is 16.6. The zero-order valence-electron chi connectivity index (χ0n) is 16.9. The molecule has 0 aromatic carbocycles. The quantitative estimate of drug-likeness (QED) is 0.707. The van der Waals surface area contributed by atoms with Crippen LogP contribution in [-0.2, 0) is 4.74 Å². The van der Waals surface area contributed by atoms with E-state index in [1.54, 1.807) is 0 Å². The molecule has 2 rings (SSSR count). The van der Waals surface area contributed by atoms with Gasteiger partial charge in [-0.2, -0.15) is 0 Å². The number of amides is 1. The van der Waals surface area contributed by atoms with Gasteiger partial charge < -0.3 is 14.7 Å². The van der Waals surface area contributed by atoms with Gasteiger partial charge in [-0.15, -0.1) is 0 Å². The SMILES string of the molecule is CCCC[C@H](O)CC[C@@H]1CCCC[C@]12CCCN2C(=O)OC(C)(C)C. The van der Waals surface area contributed by atoms with Gasteiger partial charge in [-0.3, -0.25) is 0 Å². The Morgan fingerprint density at radius 1 is 1.24 bits per heavy atom. The Labute approximate surface area is 154 Å². The predicted molar refractivity (Wildman–Crippen MR) is 102 cm³/mol. The molecule has 1 saturated heterocycles. The van der Waals surface area contributed by atoms with Gasteiger partial charge in [-0.25, -0.2) is 4.79 Å². The molecule has 1 spiro atoms. The summed E-state index contributed by atoms with van der Waals surface area (Å²) >= 11 is 0. The molecule has 0 radical (unpaired) electrons. The van der Waals surface area contributed by atoms with E-state index in [0.29, 0.717) is 5.92 Å². The van der Waals surface area contributed by atoms with Gasteiger partial charge in [0.05, 0.1) is 6.10 Å². The highest BCUT2D eigenvalue weighted by molar-refractivity contribution is 5.69. The van der Waals surface area contributed by atoms with Crippen LogP contribution in [0.3, 0.4) is 0 Å². The highest BCUT2D eigenvalue weighted by Crippen LogP contribution is 2.48. The molecule has 1 amide bonds. The summed E-state index contributed by atoms with van der Waals surface area (Å²) in [4.78, 5) is 14.9. The highest BCUT2D eigenvalue weighted by Gasteiger charge is 2.50. The molecule has 4 nitrogen and oxygen atoms in total. The van der Waals surface area contributed by atoms with Gasteiger partial charge in [-0.05, 0) is 71.6 Å². The van der Waals surface area contributed by atoms with Gasteiger partial charge in [0.1, 0.15) is 5.60 Å². The third kappa shape index (κ3) is 5.35. The Morgan fingerprint density at radius 2 is 1.96 bits per heavy atom. The van der Waals surface area contributed by atoms with Gasteiger partial charge in [0.2, 0.25) is 0 Å². The first-order chi connectivity index (χ1) is 11.8. The number of hydrogen-bond donors (Lipinski definition) is 1. The molecular formula is C21H39NO3. The number of aliphatic hydroxyl groups excluding tert-OH is 1. The summed E-state index contributed by atoms with van der Waals surface area (Å²) in [6.07, 6.45) is 11.6. The average molecular weight is 354 g/mol. The third-order valence-corrected chi connectivity index (χ3v) is 6.05. The summed E-state index contributed by atoms with van der Waals surface area (Å²) in [6.45, 7) is 8.81. The smallest absolute Gasteiger partial charge is 0.410 e. The molecule has 3 atom stereocenters. The molecule has 146 valence electrons. The Bertz CT molecular complexity index is 431. The van der Waals surface area contributed by atoms with Crippen LogP contribution in [0, 0.1) is 5.92 Å². The van der Waals surface area contributed by atoms with E-state index in [-0.39, 0.29) is 17.7 Å². The largest absolute Gasteiger partial charge is 0.444 e. The van der Waals surface area contributed by atoms with Crippen LogP contribution in [0.2, 0.25) is 0 Å². The summed E-state index contributed by atoms with van der Waals surface area (Å²) < 4.78 is 5.71. The second-order valence-corrected chi connectivity index (χ2v) is 9.16. The predicted octanol–water partition coefficient (Wildman–Crippen LogP) is 5.28. The molecule has 1 aliphatic carbocycles. The summed E-state index contributed by atoms with van der Waals surface area (Å²) in [5.74, 6) is 0.507. The number of nitrogens with zero attached hydrogens (tertiary/aromatic N) is 1. The Kier molecular flexibility index (Phi) is 7.19. The second-order valence-electron chi connectivity index (χ2n) is 9.16. The molecule has 0 bridgehead atoms. The Hall–Kier alpha value is -0.770. The zero-order chi connectivity index (χ0) is 18.5. The number of carbonyl (C=O) groups is 1. The van der Waals surface area contributed by atoms with Crippen molar-refractivity contribution < 1.29 is 14.6 Å². The molecule has 2 aliphatic rings. The average Bonchev–Trinajstić information content (AvgIpc) is 2.94. The monoisotopic (exact) mass is 353 g/mol. The van der Waals surface area contributed by atoms with Crippen molar-refractivity contribution in [2.75, 3.05) is 6.54 Å². The molecule has 0 unspecified atom stereocenters. The van der Waals surface area contributed by atoms with Crippen molar-refractivity contribution in [1.29, 1.82) is 0 Å². The van der Waals surface area contributed by atoms with Crippen molar-refractivity contribution in [2.45, 2.75) is 116 Å². The molecule has 4 heteroatoms. The summed E-state index contributed by atoms with van der Waals surface area (Å²) in [7, 11) is 0. The zero-order valence-corrected chi connectivity index (χ0v) is 16.9. The Balaban J connectivity index is 2.04. The van der Waals surface area contributed by atoms with Crippen molar-refractivity contribution in [1.82, 2.24) is 4.90 Å². The number of carbonyl (C=O) groups excluding carboxylic acids is 1. The van der Waals surface area contributed by atoms with Crippen molar-refractivity contribution >= 4 is 6.09 Å². The van der Waals surface area contributed by atoms with Gasteiger partial charge in [0.15, 0.2) is 0 Å². The number of likely N-dealkylation sites (tertiary alicyclic amines) is 1. The molecule has 1 heterocycles. The van der Waals surface area contributed by atoms with Crippen molar-refractivity contribution in [3.63, 3.8) is 0 Å². The van der Waals surface area contributed by atoms with E-state index in [1.807, 2.05) is 20.8 Å². The van der Waals surface area contributed by atoms with Crippen LogP contribution in [-0.4, -0.2) is 39.9 Å². The van der Waals surface area contributed by atoms with E-state index in [1.165, 1.54) is 19.3 Å². The van der Waals surface area contributed by atoms with E-state index in [9.17, 15) is 9.90 Å². The first-order valence-corrected chi connectivity index (χ1v) is 10.5. The first kappa shape index (κ1) is 20.5. The van der Waals surface area contributed by atoms with Crippen LogP contribution >= 0.6 is 0 Å². The maximum atomic E-state index is 12.8. The van der Waals surface area contributed by atoms with Crippen LogP contribution in [0.25, 0.3) is 0 Å². The molecule has 0 aromatic rings.